The molecule has 0 aliphatic carbocycles. The van der Waals surface area contributed by atoms with Crippen molar-refractivity contribution in [1.29, 1.82) is 0 Å². The van der Waals surface area contributed by atoms with Crippen LogP contribution in [-0.2, 0) is 6.54 Å². The van der Waals surface area contributed by atoms with Gasteiger partial charge in [0, 0.05) is 14.6 Å². The first-order valence-corrected chi connectivity index (χ1v) is 5.19. The molecule has 1 N–H and O–H groups in total. The van der Waals surface area contributed by atoms with Crippen LogP contribution in [0.4, 0.5) is 0 Å². The van der Waals surface area contributed by atoms with Gasteiger partial charge in [-0.1, -0.05) is 15.9 Å². The van der Waals surface area contributed by atoms with Crippen LogP contribution in [-0.4, -0.2) is 7.05 Å². The van der Waals surface area contributed by atoms with Gasteiger partial charge in [0.25, 0.3) is 0 Å². The summed E-state index contributed by atoms with van der Waals surface area (Å²) in [7, 11) is 1.96. The molecule has 60 valence electrons. The standard InChI is InChI=1S/C8H9BrIN/c1-11-5-6-4-7(9)2-3-8(6)10/h2-4,11H,5H2,1H3. The minimum atomic E-state index is 0.928. The van der Waals surface area contributed by atoms with Crippen LogP contribution in [0, 0.1) is 3.57 Å². The minimum absolute atomic E-state index is 0.928. The molecule has 0 aliphatic heterocycles. The Morgan fingerprint density at radius 3 is 2.91 bits per heavy atom. The Hall–Kier alpha value is 0.390. The van der Waals surface area contributed by atoms with Gasteiger partial charge >= 0.3 is 0 Å². The van der Waals surface area contributed by atoms with Gasteiger partial charge in [-0.2, -0.15) is 0 Å². The van der Waals surface area contributed by atoms with Gasteiger partial charge in [0.2, 0.25) is 0 Å². The second-order valence-corrected chi connectivity index (χ2v) is 4.34. The topological polar surface area (TPSA) is 12.0 Å². The van der Waals surface area contributed by atoms with E-state index < -0.39 is 0 Å². The predicted molar refractivity (Wildman–Crippen MR) is 59.6 cm³/mol. The normalized spacial score (nSPS) is 10.1. The van der Waals surface area contributed by atoms with Crippen LogP contribution in [0.3, 0.4) is 0 Å². The van der Waals surface area contributed by atoms with Gasteiger partial charge in [-0.05, 0) is 53.4 Å². The molecule has 1 aromatic rings. The summed E-state index contributed by atoms with van der Waals surface area (Å²) in [6.07, 6.45) is 0. The lowest BCUT2D eigenvalue weighted by Crippen LogP contribution is -2.06. The molecular weight excluding hydrogens is 317 g/mol. The quantitative estimate of drug-likeness (QED) is 0.824. The molecule has 11 heavy (non-hydrogen) atoms. The first-order valence-electron chi connectivity index (χ1n) is 3.32. The first-order chi connectivity index (χ1) is 5.24. The lowest BCUT2D eigenvalue weighted by atomic mass is 10.2. The van der Waals surface area contributed by atoms with E-state index in [9.17, 15) is 0 Å². The van der Waals surface area contributed by atoms with Crippen LogP contribution in [0.2, 0.25) is 0 Å². The highest BCUT2D eigenvalue weighted by Crippen LogP contribution is 2.17. The Kier molecular flexibility index (Phi) is 3.81. The Balaban J connectivity index is 2.93. The molecule has 0 spiro atoms. The summed E-state index contributed by atoms with van der Waals surface area (Å²) in [4.78, 5) is 0. The molecule has 0 atom stereocenters. The van der Waals surface area contributed by atoms with Gasteiger partial charge in [0.05, 0.1) is 0 Å². The fourth-order valence-corrected chi connectivity index (χ4v) is 1.80. The highest BCUT2D eigenvalue weighted by molar-refractivity contribution is 14.1. The van der Waals surface area contributed by atoms with Gasteiger partial charge in [0.15, 0.2) is 0 Å². The van der Waals surface area contributed by atoms with Crippen molar-refractivity contribution in [2.45, 2.75) is 6.54 Å². The lowest BCUT2D eigenvalue weighted by Gasteiger charge is -2.03. The monoisotopic (exact) mass is 325 g/mol. The number of hydrogen-bond acceptors (Lipinski definition) is 1. The van der Waals surface area contributed by atoms with Gasteiger partial charge in [-0.3, -0.25) is 0 Å². The number of halogens is 2. The molecule has 0 saturated carbocycles. The van der Waals surface area contributed by atoms with E-state index in [1.54, 1.807) is 0 Å². The van der Waals surface area contributed by atoms with E-state index in [0.717, 1.165) is 11.0 Å². The molecule has 3 heteroatoms. The van der Waals surface area contributed by atoms with Crippen molar-refractivity contribution in [3.8, 4) is 0 Å². The van der Waals surface area contributed by atoms with E-state index in [4.69, 9.17) is 0 Å². The van der Waals surface area contributed by atoms with Gasteiger partial charge in [-0.25, -0.2) is 0 Å². The Morgan fingerprint density at radius 1 is 1.55 bits per heavy atom. The van der Waals surface area contributed by atoms with Crippen LogP contribution in [0.5, 0.6) is 0 Å². The largest absolute Gasteiger partial charge is 0.316 e. The lowest BCUT2D eigenvalue weighted by molar-refractivity contribution is 0.813. The molecule has 0 heterocycles. The molecule has 0 aromatic heterocycles. The summed E-state index contributed by atoms with van der Waals surface area (Å²) in [6, 6.07) is 6.30. The van der Waals surface area contributed by atoms with Gasteiger partial charge in [0.1, 0.15) is 0 Å². The Morgan fingerprint density at radius 2 is 2.27 bits per heavy atom. The number of benzene rings is 1. The molecule has 0 radical (unpaired) electrons. The number of hydrogen-bond donors (Lipinski definition) is 1. The van der Waals surface area contributed by atoms with Crippen molar-refractivity contribution in [1.82, 2.24) is 5.32 Å². The summed E-state index contributed by atoms with van der Waals surface area (Å²) in [5.41, 5.74) is 1.34. The van der Waals surface area contributed by atoms with Crippen LogP contribution in [0.15, 0.2) is 22.7 Å². The highest BCUT2D eigenvalue weighted by Gasteiger charge is 1.97. The number of nitrogens with one attached hydrogen (secondary N) is 1. The van der Waals surface area contributed by atoms with Crippen molar-refractivity contribution >= 4 is 38.5 Å². The van der Waals surface area contributed by atoms with Crippen LogP contribution in [0.1, 0.15) is 5.56 Å². The molecule has 0 aliphatic rings. The third-order valence-electron chi connectivity index (χ3n) is 1.37. The maximum absolute atomic E-state index is 3.44. The summed E-state index contributed by atoms with van der Waals surface area (Å²) < 4.78 is 2.45. The maximum atomic E-state index is 3.44. The molecule has 0 bridgehead atoms. The molecule has 0 amide bonds. The second kappa shape index (κ2) is 4.42. The summed E-state index contributed by atoms with van der Waals surface area (Å²) in [6.45, 7) is 0.928. The second-order valence-electron chi connectivity index (χ2n) is 2.27. The van der Waals surface area contributed by atoms with Crippen molar-refractivity contribution in [2.75, 3.05) is 7.05 Å². The fourth-order valence-electron chi connectivity index (χ4n) is 0.869. The average Bonchev–Trinajstić information content (AvgIpc) is 1.98. The van der Waals surface area contributed by atoms with E-state index >= 15 is 0 Å². The summed E-state index contributed by atoms with van der Waals surface area (Å²) >= 11 is 5.77. The predicted octanol–water partition coefficient (Wildman–Crippen LogP) is 2.77. The molecule has 1 aromatic carbocycles. The van der Waals surface area contributed by atoms with Crippen molar-refractivity contribution in [3.05, 3.63) is 31.8 Å². The SMILES string of the molecule is CNCc1cc(Br)ccc1I. The highest BCUT2D eigenvalue weighted by atomic mass is 127. The van der Waals surface area contributed by atoms with Gasteiger partial charge < -0.3 is 5.32 Å². The van der Waals surface area contributed by atoms with E-state index in [1.807, 2.05) is 7.05 Å². The van der Waals surface area contributed by atoms with Crippen LogP contribution in [0.25, 0.3) is 0 Å². The van der Waals surface area contributed by atoms with Gasteiger partial charge in [-0.15, -0.1) is 0 Å². The van der Waals surface area contributed by atoms with Crippen molar-refractivity contribution in [3.63, 3.8) is 0 Å². The third kappa shape index (κ3) is 2.72. The maximum Gasteiger partial charge on any atom is 0.0213 e. The van der Waals surface area contributed by atoms with Crippen molar-refractivity contribution in [2.24, 2.45) is 0 Å². The Bertz CT molecular complexity index is 250. The zero-order valence-electron chi connectivity index (χ0n) is 6.20. The fraction of sp³-hybridized carbons (Fsp3) is 0.250. The zero-order chi connectivity index (χ0) is 8.27. The average molecular weight is 326 g/mol. The summed E-state index contributed by atoms with van der Waals surface area (Å²) in [5.74, 6) is 0. The zero-order valence-corrected chi connectivity index (χ0v) is 9.94. The third-order valence-corrected chi connectivity index (χ3v) is 2.92. The molecule has 0 unspecified atom stereocenters. The number of rotatable bonds is 2. The first kappa shape index (κ1) is 9.48. The van der Waals surface area contributed by atoms with Crippen LogP contribution < -0.4 is 5.32 Å². The molecule has 0 fully saturated rings. The molecular formula is C8H9BrIN. The van der Waals surface area contributed by atoms with E-state index in [2.05, 4.69) is 62.0 Å². The minimum Gasteiger partial charge on any atom is -0.316 e. The van der Waals surface area contributed by atoms with Crippen molar-refractivity contribution < 1.29 is 0 Å². The molecule has 0 saturated heterocycles. The molecule has 1 nitrogen and oxygen atoms in total. The van der Waals surface area contributed by atoms with E-state index in [0.29, 0.717) is 0 Å². The van der Waals surface area contributed by atoms with E-state index in [-0.39, 0.29) is 0 Å². The smallest absolute Gasteiger partial charge is 0.0213 e. The summed E-state index contributed by atoms with van der Waals surface area (Å²) in [5, 5.41) is 3.13. The molecule has 1 rings (SSSR count). The van der Waals surface area contributed by atoms with Crippen LogP contribution >= 0.6 is 38.5 Å². The Labute approximate surface area is 88.8 Å². The van der Waals surface area contributed by atoms with E-state index in [1.165, 1.54) is 9.13 Å².